The molecule has 2 saturated heterocycles. The van der Waals surface area contributed by atoms with E-state index >= 15 is 0 Å². The van der Waals surface area contributed by atoms with E-state index in [1.807, 2.05) is 6.07 Å². The molecule has 2 aliphatic rings. The SMILES string of the molecule is COc1cc(N2CCC(N3CCCCC3)CC2)ccc1[N+](=O)[O-]. The fraction of sp³-hybridized carbons (Fsp3) is 0.647. The first-order valence-corrected chi connectivity index (χ1v) is 8.50. The fourth-order valence-corrected chi connectivity index (χ4v) is 3.79. The van der Waals surface area contributed by atoms with Gasteiger partial charge in [0.05, 0.1) is 12.0 Å². The summed E-state index contributed by atoms with van der Waals surface area (Å²) in [6.45, 7) is 4.50. The Labute approximate surface area is 137 Å². The first-order chi connectivity index (χ1) is 11.2. The molecule has 0 atom stereocenters. The van der Waals surface area contributed by atoms with Crippen molar-refractivity contribution < 1.29 is 9.66 Å². The van der Waals surface area contributed by atoms with Crippen molar-refractivity contribution >= 4 is 11.4 Å². The van der Waals surface area contributed by atoms with E-state index in [9.17, 15) is 10.1 Å². The number of methoxy groups -OCH3 is 1. The van der Waals surface area contributed by atoms with Crippen molar-refractivity contribution in [2.45, 2.75) is 38.1 Å². The highest BCUT2D eigenvalue weighted by molar-refractivity contribution is 5.59. The van der Waals surface area contributed by atoms with Gasteiger partial charge in [0.25, 0.3) is 0 Å². The molecule has 3 rings (SSSR count). The van der Waals surface area contributed by atoms with E-state index in [1.54, 1.807) is 12.1 Å². The molecule has 2 aliphatic heterocycles. The van der Waals surface area contributed by atoms with E-state index in [0.717, 1.165) is 18.8 Å². The van der Waals surface area contributed by atoms with Crippen molar-refractivity contribution in [3.63, 3.8) is 0 Å². The molecule has 0 spiro atoms. The summed E-state index contributed by atoms with van der Waals surface area (Å²) in [5, 5.41) is 11.0. The molecule has 6 nitrogen and oxygen atoms in total. The van der Waals surface area contributed by atoms with E-state index in [1.165, 1.54) is 52.3 Å². The average molecular weight is 319 g/mol. The lowest BCUT2D eigenvalue weighted by atomic mass is 9.99. The molecule has 0 bridgehead atoms. The molecular formula is C17H25N3O3. The largest absolute Gasteiger partial charge is 0.490 e. The number of ether oxygens (including phenoxy) is 1. The van der Waals surface area contributed by atoms with Gasteiger partial charge >= 0.3 is 5.69 Å². The molecule has 6 heteroatoms. The lowest BCUT2D eigenvalue weighted by molar-refractivity contribution is -0.385. The second-order valence-corrected chi connectivity index (χ2v) is 6.43. The van der Waals surface area contributed by atoms with Crippen molar-refractivity contribution in [3.05, 3.63) is 28.3 Å². The molecular weight excluding hydrogens is 294 g/mol. The second-order valence-electron chi connectivity index (χ2n) is 6.43. The molecule has 0 saturated carbocycles. The van der Waals surface area contributed by atoms with Gasteiger partial charge in [0.15, 0.2) is 5.75 Å². The topological polar surface area (TPSA) is 58.8 Å². The Balaban J connectivity index is 1.64. The highest BCUT2D eigenvalue weighted by Crippen LogP contribution is 2.33. The summed E-state index contributed by atoms with van der Waals surface area (Å²) in [6.07, 6.45) is 6.37. The van der Waals surface area contributed by atoms with Gasteiger partial charge in [0, 0.05) is 37.0 Å². The normalized spacial score (nSPS) is 20.5. The van der Waals surface area contributed by atoms with Gasteiger partial charge in [-0.1, -0.05) is 6.42 Å². The summed E-state index contributed by atoms with van der Waals surface area (Å²) in [5.74, 6) is 0.339. The Morgan fingerprint density at radius 1 is 1.13 bits per heavy atom. The monoisotopic (exact) mass is 319 g/mol. The Bertz CT molecular complexity index is 550. The molecule has 0 aromatic heterocycles. The van der Waals surface area contributed by atoms with Crippen LogP contribution in [0.3, 0.4) is 0 Å². The number of nitrogens with zero attached hydrogens (tertiary/aromatic N) is 3. The van der Waals surface area contributed by atoms with Crippen LogP contribution >= 0.6 is 0 Å². The quantitative estimate of drug-likeness (QED) is 0.630. The maximum Gasteiger partial charge on any atom is 0.311 e. The van der Waals surface area contributed by atoms with Crippen LogP contribution in [0.2, 0.25) is 0 Å². The Hall–Kier alpha value is -1.82. The third-order valence-corrected chi connectivity index (χ3v) is 5.10. The number of anilines is 1. The highest BCUT2D eigenvalue weighted by Gasteiger charge is 2.26. The van der Waals surface area contributed by atoms with Crippen LogP contribution in [0.5, 0.6) is 5.75 Å². The molecule has 2 fully saturated rings. The fourth-order valence-electron chi connectivity index (χ4n) is 3.79. The van der Waals surface area contributed by atoms with Crippen LogP contribution in [0.1, 0.15) is 32.1 Å². The predicted molar refractivity (Wildman–Crippen MR) is 90.3 cm³/mol. The van der Waals surface area contributed by atoms with Gasteiger partial charge in [-0.3, -0.25) is 10.1 Å². The van der Waals surface area contributed by atoms with Crippen LogP contribution in [0.4, 0.5) is 11.4 Å². The second kappa shape index (κ2) is 7.17. The Morgan fingerprint density at radius 3 is 2.43 bits per heavy atom. The summed E-state index contributed by atoms with van der Waals surface area (Å²) in [6, 6.07) is 5.87. The minimum absolute atomic E-state index is 0.0273. The predicted octanol–water partition coefficient (Wildman–Crippen LogP) is 3.06. The zero-order valence-electron chi connectivity index (χ0n) is 13.7. The van der Waals surface area contributed by atoms with Crippen molar-refractivity contribution in [2.24, 2.45) is 0 Å². The number of benzene rings is 1. The minimum Gasteiger partial charge on any atom is -0.490 e. The highest BCUT2D eigenvalue weighted by atomic mass is 16.6. The Kier molecular flexibility index (Phi) is 5.00. The summed E-state index contributed by atoms with van der Waals surface area (Å²) < 4.78 is 5.18. The molecule has 2 heterocycles. The summed E-state index contributed by atoms with van der Waals surface area (Å²) in [7, 11) is 1.48. The van der Waals surface area contributed by atoms with Crippen molar-refractivity contribution in [1.29, 1.82) is 0 Å². The van der Waals surface area contributed by atoms with Gasteiger partial charge in [-0.25, -0.2) is 0 Å². The molecule has 23 heavy (non-hydrogen) atoms. The first-order valence-electron chi connectivity index (χ1n) is 8.50. The molecule has 126 valence electrons. The Morgan fingerprint density at radius 2 is 1.83 bits per heavy atom. The lowest BCUT2D eigenvalue weighted by Gasteiger charge is -2.41. The van der Waals surface area contributed by atoms with Crippen LogP contribution in [-0.2, 0) is 0 Å². The maximum atomic E-state index is 11.0. The minimum atomic E-state index is -0.398. The number of hydrogen-bond donors (Lipinski definition) is 0. The number of piperidine rings is 2. The van der Waals surface area contributed by atoms with Gasteiger partial charge in [-0.15, -0.1) is 0 Å². The van der Waals surface area contributed by atoms with Crippen molar-refractivity contribution in [2.75, 3.05) is 38.2 Å². The molecule has 1 aromatic rings. The van der Waals surface area contributed by atoms with E-state index < -0.39 is 4.92 Å². The van der Waals surface area contributed by atoms with Crippen molar-refractivity contribution in [3.8, 4) is 5.75 Å². The van der Waals surface area contributed by atoms with Gasteiger partial charge < -0.3 is 14.5 Å². The van der Waals surface area contributed by atoms with Gasteiger partial charge in [0.2, 0.25) is 0 Å². The van der Waals surface area contributed by atoms with Crippen molar-refractivity contribution in [1.82, 2.24) is 4.90 Å². The van der Waals surface area contributed by atoms with Crippen LogP contribution in [-0.4, -0.2) is 49.2 Å². The van der Waals surface area contributed by atoms with Crippen LogP contribution in [0.15, 0.2) is 18.2 Å². The number of likely N-dealkylation sites (tertiary alicyclic amines) is 1. The zero-order valence-corrected chi connectivity index (χ0v) is 13.7. The lowest BCUT2D eigenvalue weighted by Crippen LogP contribution is -2.46. The van der Waals surface area contributed by atoms with E-state index in [4.69, 9.17) is 4.74 Å². The van der Waals surface area contributed by atoms with E-state index in [-0.39, 0.29) is 5.69 Å². The van der Waals surface area contributed by atoms with E-state index in [0.29, 0.717) is 11.8 Å². The standard InChI is InChI=1S/C17H25N3O3/c1-23-17-13-15(5-6-16(17)20(21)22)19-11-7-14(8-12-19)18-9-3-2-4-10-18/h5-6,13-14H,2-4,7-12H2,1H3. The first kappa shape index (κ1) is 16.1. The molecule has 0 amide bonds. The molecule has 0 aliphatic carbocycles. The van der Waals surface area contributed by atoms with Gasteiger partial charge in [-0.05, 0) is 44.8 Å². The summed E-state index contributed by atoms with van der Waals surface area (Å²) >= 11 is 0. The third kappa shape index (κ3) is 3.58. The van der Waals surface area contributed by atoms with Crippen LogP contribution < -0.4 is 9.64 Å². The molecule has 0 radical (unpaired) electrons. The number of nitro benzene ring substituents is 1. The van der Waals surface area contributed by atoms with E-state index in [2.05, 4.69) is 9.80 Å². The molecule has 1 aromatic carbocycles. The number of rotatable bonds is 4. The number of nitro groups is 1. The summed E-state index contributed by atoms with van der Waals surface area (Å²) in [4.78, 5) is 15.6. The van der Waals surface area contributed by atoms with Gasteiger partial charge in [-0.2, -0.15) is 0 Å². The molecule has 0 N–H and O–H groups in total. The number of hydrogen-bond acceptors (Lipinski definition) is 5. The van der Waals surface area contributed by atoms with Crippen LogP contribution in [0.25, 0.3) is 0 Å². The maximum absolute atomic E-state index is 11.0. The third-order valence-electron chi connectivity index (χ3n) is 5.10. The molecule has 0 unspecified atom stereocenters. The van der Waals surface area contributed by atoms with Crippen LogP contribution in [0, 0.1) is 10.1 Å². The zero-order chi connectivity index (χ0) is 16.2. The average Bonchev–Trinajstić information content (AvgIpc) is 2.62. The summed E-state index contributed by atoms with van der Waals surface area (Å²) in [5.41, 5.74) is 1.05. The smallest absolute Gasteiger partial charge is 0.311 e. The van der Waals surface area contributed by atoms with Gasteiger partial charge in [0.1, 0.15) is 0 Å².